The third-order valence-electron chi connectivity index (χ3n) is 3.64. The van der Waals surface area contributed by atoms with Crippen molar-refractivity contribution in [2.24, 2.45) is 0 Å². The van der Waals surface area contributed by atoms with E-state index in [0.29, 0.717) is 6.54 Å². The molecule has 0 spiro atoms. The van der Waals surface area contributed by atoms with E-state index in [1.807, 2.05) is 67.3 Å². The van der Waals surface area contributed by atoms with Crippen LogP contribution in [0.1, 0.15) is 25.7 Å². The Bertz CT molecular complexity index is 805. The molecule has 0 fully saturated rings. The van der Waals surface area contributed by atoms with Crippen LogP contribution < -0.4 is 5.32 Å². The smallest absolute Gasteiger partial charge is 0.252 e. The summed E-state index contributed by atoms with van der Waals surface area (Å²) in [5.41, 5.74) is 2.92. The highest BCUT2D eigenvalue weighted by Gasteiger charge is 2.11. The van der Waals surface area contributed by atoms with Crippen molar-refractivity contribution in [1.29, 1.82) is 0 Å². The highest BCUT2D eigenvalue weighted by Crippen LogP contribution is 2.20. The second-order valence-corrected chi connectivity index (χ2v) is 6.92. The SMILES string of the molecule is Cc1cc(C(=O)NCCc2cnn(-c3ccccc3)c2)c(C)s1. The highest BCUT2D eigenvalue weighted by atomic mass is 32.1. The van der Waals surface area contributed by atoms with Crippen LogP contribution in [-0.2, 0) is 6.42 Å². The molecule has 5 heteroatoms. The maximum Gasteiger partial charge on any atom is 0.252 e. The molecule has 0 aliphatic carbocycles. The second-order valence-electron chi connectivity index (χ2n) is 5.46. The molecule has 0 unspecified atom stereocenters. The number of hydrogen-bond donors (Lipinski definition) is 1. The summed E-state index contributed by atoms with van der Waals surface area (Å²) >= 11 is 1.65. The maximum atomic E-state index is 12.2. The third-order valence-corrected chi connectivity index (χ3v) is 4.61. The molecule has 23 heavy (non-hydrogen) atoms. The Morgan fingerprint density at radius 3 is 2.74 bits per heavy atom. The van der Waals surface area contributed by atoms with Crippen molar-refractivity contribution in [3.8, 4) is 5.69 Å². The Labute approximate surface area is 139 Å². The molecule has 3 aromatic rings. The number of aryl methyl sites for hydroxylation is 2. The number of carbonyl (C=O) groups excluding carboxylic acids is 1. The van der Waals surface area contributed by atoms with E-state index in [1.165, 1.54) is 0 Å². The number of para-hydroxylation sites is 1. The van der Waals surface area contributed by atoms with Gasteiger partial charge in [-0.25, -0.2) is 4.68 Å². The van der Waals surface area contributed by atoms with Gasteiger partial charge in [-0.15, -0.1) is 11.3 Å². The molecule has 2 heterocycles. The van der Waals surface area contributed by atoms with Gasteiger partial charge >= 0.3 is 0 Å². The van der Waals surface area contributed by atoms with Gasteiger partial charge < -0.3 is 5.32 Å². The predicted octanol–water partition coefficient (Wildman–Crippen LogP) is 3.52. The number of amides is 1. The van der Waals surface area contributed by atoms with Crippen LogP contribution in [-0.4, -0.2) is 22.2 Å². The fourth-order valence-corrected chi connectivity index (χ4v) is 3.40. The average molecular weight is 325 g/mol. The van der Waals surface area contributed by atoms with Gasteiger partial charge in [0.25, 0.3) is 5.91 Å². The number of rotatable bonds is 5. The molecule has 118 valence electrons. The summed E-state index contributed by atoms with van der Waals surface area (Å²) in [7, 11) is 0. The van der Waals surface area contributed by atoms with Gasteiger partial charge in [0.1, 0.15) is 0 Å². The van der Waals surface area contributed by atoms with E-state index in [0.717, 1.165) is 33.0 Å². The maximum absolute atomic E-state index is 12.2. The molecular weight excluding hydrogens is 306 g/mol. The molecule has 0 atom stereocenters. The van der Waals surface area contributed by atoms with Crippen LogP contribution >= 0.6 is 11.3 Å². The number of hydrogen-bond acceptors (Lipinski definition) is 3. The van der Waals surface area contributed by atoms with Crippen molar-refractivity contribution in [3.05, 3.63) is 69.7 Å². The zero-order valence-corrected chi connectivity index (χ0v) is 14.1. The summed E-state index contributed by atoms with van der Waals surface area (Å²) < 4.78 is 1.85. The Hall–Kier alpha value is -2.40. The van der Waals surface area contributed by atoms with Crippen LogP contribution in [0.4, 0.5) is 0 Å². The average Bonchev–Trinajstić information content (AvgIpc) is 3.14. The fourth-order valence-electron chi connectivity index (χ4n) is 2.48. The minimum atomic E-state index is 0.00213. The molecule has 1 amide bonds. The van der Waals surface area contributed by atoms with Gasteiger partial charge in [-0.2, -0.15) is 5.10 Å². The molecule has 0 aliphatic rings. The first kappa shape index (κ1) is 15.5. The van der Waals surface area contributed by atoms with Crippen LogP contribution in [0.2, 0.25) is 0 Å². The Morgan fingerprint density at radius 1 is 1.26 bits per heavy atom. The van der Waals surface area contributed by atoms with E-state index >= 15 is 0 Å². The van der Waals surface area contributed by atoms with Crippen molar-refractivity contribution < 1.29 is 4.79 Å². The molecule has 2 aromatic heterocycles. The molecule has 1 N–H and O–H groups in total. The van der Waals surface area contributed by atoms with Crippen LogP contribution in [0.3, 0.4) is 0 Å². The van der Waals surface area contributed by atoms with Crippen LogP contribution in [0.5, 0.6) is 0 Å². The van der Waals surface area contributed by atoms with E-state index in [1.54, 1.807) is 11.3 Å². The first-order chi connectivity index (χ1) is 11.1. The van der Waals surface area contributed by atoms with Crippen molar-refractivity contribution >= 4 is 17.2 Å². The number of thiophene rings is 1. The van der Waals surface area contributed by atoms with Gasteiger partial charge in [-0.1, -0.05) is 18.2 Å². The van der Waals surface area contributed by atoms with E-state index in [4.69, 9.17) is 0 Å². The van der Waals surface area contributed by atoms with E-state index in [9.17, 15) is 4.79 Å². The van der Waals surface area contributed by atoms with Gasteiger partial charge in [0, 0.05) is 22.5 Å². The summed E-state index contributed by atoms with van der Waals surface area (Å²) in [5, 5.41) is 7.35. The predicted molar refractivity (Wildman–Crippen MR) is 93.4 cm³/mol. The lowest BCUT2D eigenvalue weighted by Crippen LogP contribution is -2.25. The largest absolute Gasteiger partial charge is 0.352 e. The van der Waals surface area contributed by atoms with Crippen molar-refractivity contribution in [1.82, 2.24) is 15.1 Å². The number of nitrogens with zero attached hydrogens (tertiary/aromatic N) is 2. The van der Waals surface area contributed by atoms with Crippen LogP contribution in [0.25, 0.3) is 5.69 Å². The lowest BCUT2D eigenvalue weighted by molar-refractivity contribution is 0.0954. The normalized spacial score (nSPS) is 10.7. The molecule has 4 nitrogen and oxygen atoms in total. The Balaban J connectivity index is 1.56. The van der Waals surface area contributed by atoms with Gasteiger partial charge in [-0.3, -0.25) is 4.79 Å². The lowest BCUT2D eigenvalue weighted by atomic mass is 10.2. The molecule has 0 bridgehead atoms. The topological polar surface area (TPSA) is 46.9 Å². The summed E-state index contributed by atoms with van der Waals surface area (Å²) in [6, 6.07) is 11.9. The van der Waals surface area contributed by atoms with Crippen molar-refractivity contribution in [3.63, 3.8) is 0 Å². The second kappa shape index (κ2) is 6.79. The van der Waals surface area contributed by atoms with E-state index < -0.39 is 0 Å². The summed E-state index contributed by atoms with van der Waals surface area (Å²) in [6.07, 6.45) is 4.61. The van der Waals surface area contributed by atoms with Crippen molar-refractivity contribution in [2.75, 3.05) is 6.54 Å². The number of nitrogens with one attached hydrogen (secondary N) is 1. The highest BCUT2D eigenvalue weighted by molar-refractivity contribution is 7.12. The molecule has 0 saturated heterocycles. The van der Waals surface area contributed by atoms with E-state index in [-0.39, 0.29) is 5.91 Å². The van der Waals surface area contributed by atoms with Gasteiger partial charge in [0.05, 0.1) is 17.4 Å². The first-order valence-electron chi connectivity index (χ1n) is 7.57. The summed E-state index contributed by atoms with van der Waals surface area (Å²) in [6.45, 7) is 4.61. The molecular formula is C18H19N3OS. The summed E-state index contributed by atoms with van der Waals surface area (Å²) in [5.74, 6) is 0.00213. The molecule has 0 radical (unpaired) electrons. The quantitative estimate of drug-likeness (QED) is 0.780. The van der Waals surface area contributed by atoms with E-state index in [2.05, 4.69) is 10.4 Å². The van der Waals surface area contributed by atoms with Gasteiger partial charge in [-0.05, 0) is 44.0 Å². The minimum Gasteiger partial charge on any atom is -0.352 e. The van der Waals surface area contributed by atoms with Gasteiger partial charge in [0.2, 0.25) is 0 Å². The van der Waals surface area contributed by atoms with Crippen LogP contribution in [0.15, 0.2) is 48.8 Å². The first-order valence-corrected chi connectivity index (χ1v) is 8.39. The standard InChI is InChI=1S/C18H19N3OS/c1-13-10-17(14(2)23-13)18(22)19-9-8-15-11-20-21(12-15)16-6-4-3-5-7-16/h3-7,10-12H,8-9H2,1-2H3,(H,19,22). The Kier molecular flexibility index (Phi) is 4.57. The van der Waals surface area contributed by atoms with Gasteiger partial charge in [0.15, 0.2) is 0 Å². The lowest BCUT2D eigenvalue weighted by Gasteiger charge is -2.03. The van der Waals surface area contributed by atoms with Crippen molar-refractivity contribution in [2.45, 2.75) is 20.3 Å². The molecule has 3 rings (SSSR count). The number of carbonyl (C=O) groups is 1. The monoisotopic (exact) mass is 325 g/mol. The zero-order chi connectivity index (χ0) is 16.2. The number of benzene rings is 1. The zero-order valence-electron chi connectivity index (χ0n) is 13.2. The van der Waals surface area contributed by atoms with Crippen LogP contribution in [0, 0.1) is 13.8 Å². The molecule has 0 aliphatic heterocycles. The number of aromatic nitrogens is 2. The Morgan fingerprint density at radius 2 is 2.04 bits per heavy atom. The minimum absolute atomic E-state index is 0.00213. The third kappa shape index (κ3) is 3.68. The molecule has 0 saturated carbocycles. The molecule has 1 aromatic carbocycles. The summed E-state index contributed by atoms with van der Waals surface area (Å²) in [4.78, 5) is 14.4. The fraction of sp³-hybridized carbons (Fsp3) is 0.222.